The lowest BCUT2D eigenvalue weighted by Crippen LogP contribution is -2.15. The fourth-order valence-electron chi connectivity index (χ4n) is 1.20. The Bertz CT molecular complexity index is 465. The lowest BCUT2D eigenvalue weighted by molar-refractivity contribution is 0.211. The summed E-state index contributed by atoms with van der Waals surface area (Å²) in [6.45, 7) is 0. The van der Waals surface area contributed by atoms with Crippen LogP contribution in [0.3, 0.4) is 0 Å². The molecule has 2 rings (SSSR count). The van der Waals surface area contributed by atoms with E-state index >= 15 is 0 Å². The number of hydrogen-bond acceptors (Lipinski definition) is 3. The van der Waals surface area contributed by atoms with Gasteiger partial charge in [0.2, 0.25) is 0 Å². The van der Waals surface area contributed by atoms with Gasteiger partial charge in [0, 0.05) is 0 Å². The van der Waals surface area contributed by atoms with Crippen molar-refractivity contribution in [3.63, 3.8) is 0 Å². The van der Waals surface area contributed by atoms with Crippen molar-refractivity contribution < 1.29 is 9.53 Å². The van der Waals surface area contributed by atoms with E-state index in [9.17, 15) is 4.79 Å². The molecule has 0 aliphatic rings. The van der Waals surface area contributed by atoms with Gasteiger partial charge in [-0.1, -0.05) is 18.2 Å². The zero-order chi connectivity index (χ0) is 10.7. The molecule has 1 aromatic heterocycles. The zero-order valence-electron chi connectivity index (χ0n) is 7.83. The highest BCUT2D eigenvalue weighted by molar-refractivity contribution is 5.67. The van der Waals surface area contributed by atoms with Crippen LogP contribution in [0.2, 0.25) is 0 Å². The van der Waals surface area contributed by atoms with E-state index in [4.69, 9.17) is 5.73 Å². The molecule has 0 aliphatic carbocycles. The lowest BCUT2D eigenvalue weighted by atomic mass is 10.3. The maximum absolute atomic E-state index is 10.5. The van der Waals surface area contributed by atoms with Crippen LogP contribution in [0.25, 0.3) is 5.69 Å². The Labute approximate surface area is 86.1 Å². The lowest BCUT2D eigenvalue weighted by Gasteiger charge is -1.98. The summed E-state index contributed by atoms with van der Waals surface area (Å²) in [4.78, 5) is 10.5. The van der Waals surface area contributed by atoms with E-state index in [-0.39, 0.29) is 0 Å². The largest absolute Gasteiger partial charge is 0.410 e. The molecule has 15 heavy (non-hydrogen) atoms. The fourth-order valence-corrected chi connectivity index (χ4v) is 1.20. The van der Waals surface area contributed by atoms with Gasteiger partial charge in [0.1, 0.15) is 0 Å². The molecule has 0 atom stereocenters. The third kappa shape index (κ3) is 2.14. The van der Waals surface area contributed by atoms with Crippen LogP contribution in [-0.4, -0.2) is 15.9 Å². The molecule has 1 heterocycles. The first-order valence-corrected chi connectivity index (χ1v) is 4.33. The van der Waals surface area contributed by atoms with Gasteiger partial charge in [0.15, 0.2) is 5.75 Å². The Balaban J connectivity index is 2.24. The van der Waals surface area contributed by atoms with Gasteiger partial charge < -0.3 is 10.5 Å². The van der Waals surface area contributed by atoms with Gasteiger partial charge in [-0.25, -0.2) is 9.48 Å². The SMILES string of the molecule is NC(=O)Oc1cnn(-c2ccccc2)c1. The maximum atomic E-state index is 10.5. The average molecular weight is 203 g/mol. The van der Waals surface area contributed by atoms with Crippen molar-refractivity contribution in [1.82, 2.24) is 9.78 Å². The second-order valence-electron chi connectivity index (χ2n) is 2.88. The summed E-state index contributed by atoms with van der Waals surface area (Å²) >= 11 is 0. The average Bonchev–Trinajstić information content (AvgIpc) is 2.67. The summed E-state index contributed by atoms with van der Waals surface area (Å²) in [6.07, 6.45) is 2.17. The first-order chi connectivity index (χ1) is 7.25. The maximum Gasteiger partial charge on any atom is 0.410 e. The first-order valence-electron chi connectivity index (χ1n) is 4.33. The van der Waals surface area contributed by atoms with Gasteiger partial charge in [0.25, 0.3) is 0 Å². The molecule has 5 nitrogen and oxygen atoms in total. The number of rotatable bonds is 2. The number of nitrogens with two attached hydrogens (primary N) is 1. The monoisotopic (exact) mass is 203 g/mol. The van der Waals surface area contributed by atoms with Gasteiger partial charge in [0.05, 0.1) is 18.1 Å². The summed E-state index contributed by atoms with van der Waals surface area (Å²) in [7, 11) is 0. The molecule has 0 spiro atoms. The van der Waals surface area contributed by atoms with E-state index in [0.717, 1.165) is 5.69 Å². The quantitative estimate of drug-likeness (QED) is 0.800. The molecule has 5 heteroatoms. The van der Waals surface area contributed by atoms with E-state index in [0.29, 0.717) is 5.75 Å². The minimum atomic E-state index is -0.845. The van der Waals surface area contributed by atoms with Gasteiger partial charge in [-0.2, -0.15) is 5.10 Å². The molecule has 0 unspecified atom stereocenters. The van der Waals surface area contributed by atoms with Gasteiger partial charge >= 0.3 is 6.09 Å². The van der Waals surface area contributed by atoms with Crippen molar-refractivity contribution >= 4 is 6.09 Å². The van der Waals surface area contributed by atoms with Crippen LogP contribution in [0.4, 0.5) is 4.79 Å². The molecule has 0 bridgehead atoms. The molecule has 0 aliphatic heterocycles. The number of carbonyl (C=O) groups is 1. The number of amides is 1. The predicted octanol–water partition coefficient (Wildman–Crippen LogP) is 1.33. The third-order valence-electron chi connectivity index (χ3n) is 1.80. The molecular formula is C10H9N3O2. The third-order valence-corrected chi connectivity index (χ3v) is 1.80. The number of benzene rings is 1. The van der Waals surface area contributed by atoms with E-state index in [1.165, 1.54) is 6.20 Å². The number of aromatic nitrogens is 2. The number of para-hydroxylation sites is 1. The fraction of sp³-hybridized carbons (Fsp3) is 0. The molecule has 76 valence electrons. The number of nitrogens with zero attached hydrogens (tertiary/aromatic N) is 2. The molecule has 0 saturated carbocycles. The Morgan fingerprint density at radius 3 is 2.73 bits per heavy atom. The van der Waals surface area contributed by atoms with Crippen molar-refractivity contribution in [2.45, 2.75) is 0 Å². The van der Waals surface area contributed by atoms with Crippen LogP contribution in [0, 0.1) is 0 Å². The van der Waals surface area contributed by atoms with Crippen LogP contribution in [0.15, 0.2) is 42.7 Å². The minimum absolute atomic E-state index is 0.325. The van der Waals surface area contributed by atoms with Crippen LogP contribution < -0.4 is 10.5 Å². The summed E-state index contributed by atoms with van der Waals surface area (Å²) in [5.41, 5.74) is 5.76. The minimum Gasteiger partial charge on any atom is -0.407 e. The van der Waals surface area contributed by atoms with Crippen molar-refractivity contribution in [2.75, 3.05) is 0 Å². The topological polar surface area (TPSA) is 70.1 Å². The van der Waals surface area contributed by atoms with Gasteiger partial charge in [-0.05, 0) is 12.1 Å². The van der Waals surface area contributed by atoms with Gasteiger partial charge in [-0.15, -0.1) is 0 Å². The summed E-state index contributed by atoms with van der Waals surface area (Å²) in [6, 6.07) is 9.48. The highest BCUT2D eigenvalue weighted by Gasteiger charge is 2.03. The number of primary amides is 1. The van der Waals surface area contributed by atoms with E-state index in [2.05, 4.69) is 9.84 Å². The molecule has 2 N–H and O–H groups in total. The summed E-state index contributed by atoms with van der Waals surface area (Å²) < 4.78 is 6.27. The van der Waals surface area contributed by atoms with E-state index in [1.54, 1.807) is 10.9 Å². The molecule has 2 aromatic rings. The second-order valence-corrected chi connectivity index (χ2v) is 2.88. The highest BCUT2D eigenvalue weighted by atomic mass is 16.5. The normalized spacial score (nSPS) is 9.87. The number of carbonyl (C=O) groups excluding carboxylic acids is 1. The van der Waals surface area contributed by atoms with Crippen LogP contribution in [0.1, 0.15) is 0 Å². The highest BCUT2D eigenvalue weighted by Crippen LogP contribution is 2.12. The van der Waals surface area contributed by atoms with Crippen molar-refractivity contribution in [2.24, 2.45) is 5.73 Å². The summed E-state index contributed by atoms with van der Waals surface area (Å²) in [5.74, 6) is 0.325. The number of hydrogen-bond donors (Lipinski definition) is 1. The second kappa shape index (κ2) is 3.83. The Hall–Kier alpha value is -2.30. The Morgan fingerprint density at radius 1 is 1.33 bits per heavy atom. The molecule has 0 saturated heterocycles. The molecular weight excluding hydrogens is 194 g/mol. The molecule has 1 amide bonds. The summed E-state index contributed by atoms with van der Waals surface area (Å²) in [5, 5.41) is 4.02. The molecule has 1 aromatic carbocycles. The predicted molar refractivity (Wildman–Crippen MR) is 53.8 cm³/mol. The van der Waals surface area contributed by atoms with Crippen molar-refractivity contribution in [3.05, 3.63) is 42.7 Å². The smallest absolute Gasteiger partial charge is 0.407 e. The van der Waals surface area contributed by atoms with E-state index < -0.39 is 6.09 Å². The van der Waals surface area contributed by atoms with Crippen LogP contribution >= 0.6 is 0 Å². The zero-order valence-corrected chi connectivity index (χ0v) is 7.83. The number of ether oxygens (including phenoxy) is 1. The van der Waals surface area contributed by atoms with Gasteiger partial charge in [-0.3, -0.25) is 0 Å². The van der Waals surface area contributed by atoms with Crippen molar-refractivity contribution in [3.8, 4) is 11.4 Å². The van der Waals surface area contributed by atoms with Crippen LogP contribution in [0.5, 0.6) is 5.75 Å². The van der Waals surface area contributed by atoms with E-state index in [1.807, 2.05) is 30.3 Å². The van der Waals surface area contributed by atoms with Crippen molar-refractivity contribution in [1.29, 1.82) is 0 Å². The molecule has 0 radical (unpaired) electrons. The standard InChI is InChI=1S/C10H9N3O2/c11-10(14)15-9-6-12-13(7-9)8-4-2-1-3-5-8/h1-7H,(H2,11,14). The Morgan fingerprint density at radius 2 is 2.07 bits per heavy atom. The first kappa shape index (κ1) is 9.26. The molecule has 0 fully saturated rings. The van der Waals surface area contributed by atoms with Crippen LogP contribution in [-0.2, 0) is 0 Å². The Kier molecular flexibility index (Phi) is 2.37.